The second-order valence-electron chi connectivity index (χ2n) is 26.0. The minimum Gasteiger partial charge on any atom is -0.444 e. The van der Waals surface area contributed by atoms with Crippen LogP contribution < -0.4 is 20.4 Å². The maximum Gasteiger partial charge on any atom is 0.410 e. The van der Waals surface area contributed by atoms with Crippen molar-refractivity contribution in [1.29, 1.82) is 0 Å². The number of anilines is 2. The van der Waals surface area contributed by atoms with E-state index in [1.807, 2.05) is 188 Å². The second-order valence-corrected chi connectivity index (χ2v) is 26.4. The first-order chi connectivity index (χ1) is 55.1. The van der Waals surface area contributed by atoms with Gasteiger partial charge in [-0.25, -0.2) is 31.9 Å². The molecule has 0 radical (unpaired) electrons. The lowest BCUT2D eigenvalue weighted by molar-refractivity contribution is 0.0182. The fourth-order valence-electron chi connectivity index (χ4n) is 9.93. The average molecular weight is 1630 g/mol. The van der Waals surface area contributed by atoms with E-state index in [1.165, 1.54) is 48.5 Å². The largest absolute Gasteiger partial charge is 0.444 e. The summed E-state index contributed by atoms with van der Waals surface area (Å²) in [5, 5.41) is 50.8. The molecular weight excluding hydrogens is 1510 g/mol. The highest BCUT2D eigenvalue weighted by Gasteiger charge is 2.31. The number of fused-ring (bicyclic) bond motifs is 2. The standard InChI is InChI=1S/C16H22FN3O3.C16H21N3O3.C11H13N3O.C9H18N2O2.C7H5ClFNO.C7H6FNO.C7H5FO.6C2H6/c1-16(2,3)23-15(21)20-10-8-19(9-11-20)14(18-22)12-6-4-5-7-13(12)17;1-16(2,3)21-15(20)19-10-8-18(9-11-19)14-12-6-4-5-7-13(12)22-17-14;1-2-4-10-9(3-1)11(13-15-10)14-7-5-12-6-8-14;1-9(2,3)13-8(12)11-6-4-10-5-7-11;8-7(10-11)5-3-1-2-4-6(5)9;8-7-4-2-1-3-6(7)5-9-10;8-7-4-2-1-3-6(7)5-9;6*1-2/h4-7,22H,8-11H2,1-3H3;4-7H,8-11H2,1-3H3;1-4,12H,5-8H2;10H,4-7H2,1-3H3;1-4,11H;1-5,10H;1-5H;6*1-2H3/b18-14+;;;;10-7+;9-5-;;;;;;;. The normalized spacial score (nSPS) is 13.8. The topological polar surface area (TPSA) is 289 Å². The van der Waals surface area contributed by atoms with Crippen LogP contribution in [0.3, 0.4) is 0 Å². The highest BCUT2D eigenvalue weighted by molar-refractivity contribution is 6.69. The number of carbonyl (C=O) groups is 4. The molecule has 25 nitrogen and oxygen atoms in total. The van der Waals surface area contributed by atoms with Gasteiger partial charge in [-0.05, 0) is 129 Å². The van der Waals surface area contributed by atoms with E-state index >= 15 is 0 Å². The first kappa shape index (κ1) is 104. The van der Waals surface area contributed by atoms with Crippen molar-refractivity contribution in [1.82, 2.24) is 40.5 Å². The van der Waals surface area contributed by atoms with Gasteiger partial charge in [0.25, 0.3) is 0 Å². The van der Waals surface area contributed by atoms with Gasteiger partial charge in [-0.2, -0.15) is 0 Å². The Bertz CT molecular complexity index is 4060. The summed E-state index contributed by atoms with van der Waals surface area (Å²) in [6.07, 6.45) is 0.724. The van der Waals surface area contributed by atoms with Crippen LogP contribution in [-0.4, -0.2) is 209 Å². The Morgan fingerprint density at radius 2 is 0.730 bits per heavy atom. The molecule has 0 atom stereocenters. The van der Waals surface area contributed by atoms with E-state index in [4.69, 9.17) is 45.3 Å². The molecule has 0 bridgehead atoms. The Balaban J connectivity index is 0.00000132. The van der Waals surface area contributed by atoms with Crippen LogP contribution in [-0.2, 0) is 14.2 Å². The molecule has 4 fully saturated rings. The van der Waals surface area contributed by atoms with Crippen molar-refractivity contribution in [3.05, 3.63) is 191 Å². The predicted octanol–water partition coefficient (Wildman–Crippen LogP) is 19.1. The van der Waals surface area contributed by atoms with Gasteiger partial charge in [0.2, 0.25) is 0 Å². The third kappa shape index (κ3) is 38.9. The first-order valence-electron chi connectivity index (χ1n) is 39.1. The molecule has 115 heavy (non-hydrogen) atoms. The van der Waals surface area contributed by atoms with Crippen LogP contribution in [0.2, 0.25) is 0 Å². The highest BCUT2D eigenvalue weighted by Crippen LogP contribution is 2.28. The SMILES string of the molecule is CC.CC.CC.CC.CC.CC.CC(C)(C)OC(=O)N1CCN(/C(=N/O)c2ccccc2F)CC1.CC(C)(C)OC(=O)N1CCN(c2noc3ccccc23)CC1.CC(C)(C)OC(=O)N1CCNCC1.O/N=C(/Cl)c1ccccc1F.O/N=C\c1ccccc1F.O=Cc1ccccc1F.c1ccc2c(N3CCNCC3)noc2c1. The Labute approximate surface area is 683 Å². The van der Waals surface area contributed by atoms with Gasteiger partial charge >= 0.3 is 18.3 Å². The summed E-state index contributed by atoms with van der Waals surface area (Å²) in [7, 11) is 0. The minimum absolute atomic E-state index is 0.0941. The maximum absolute atomic E-state index is 13.9. The average Bonchev–Trinajstić information content (AvgIpc) is 1.17. The fourth-order valence-corrected chi connectivity index (χ4v) is 10.1. The van der Waals surface area contributed by atoms with E-state index in [0.717, 1.165) is 105 Å². The second kappa shape index (κ2) is 58.3. The number of amides is 3. The quantitative estimate of drug-likeness (QED) is 0.0197. The zero-order chi connectivity index (χ0) is 87.1. The van der Waals surface area contributed by atoms with E-state index in [0.29, 0.717) is 45.6 Å². The zero-order valence-electron chi connectivity index (χ0n) is 71.1. The summed E-state index contributed by atoms with van der Waals surface area (Å²) in [6, 6.07) is 39.7. The van der Waals surface area contributed by atoms with Crippen molar-refractivity contribution >= 4 is 87.0 Å². The number of amidine groups is 1. The van der Waals surface area contributed by atoms with Crippen LogP contribution in [0.25, 0.3) is 21.9 Å². The van der Waals surface area contributed by atoms with Gasteiger partial charge in [0.1, 0.15) is 40.1 Å². The van der Waals surface area contributed by atoms with Crippen LogP contribution >= 0.6 is 11.6 Å². The number of carbonyl (C=O) groups excluding carboxylic acids is 4. The van der Waals surface area contributed by atoms with Crippen LogP contribution in [0.5, 0.6) is 0 Å². The van der Waals surface area contributed by atoms with Crippen molar-refractivity contribution in [2.75, 3.05) is 115 Å². The first-order valence-corrected chi connectivity index (χ1v) is 39.5. The third-order valence-corrected chi connectivity index (χ3v) is 15.2. The summed E-state index contributed by atoms with van der Waals surface area (Å²) in [5.74, 6) is 0.191. The lowest BCUT2D eigenvalue weighted by Gasteiger charge is -2.36. The fraction of sp³-hybridized carbons (Fsp3) is 0.471. The molecule has 30 heteroatoms. The van der Waals surface area contributed by atoms with Crippen LogP contribution in [0.1, 0.15) is 172 Å². The number of aldehydes is 1. The molecule has 0 spiro atoms. The Morgan fingerprint density at radius 3 is 1.08 bits per heavy atom. The monoisotopic (exact) mass is 1630 g/mol. The minimum atomic E-state index is -0.543. The molecule has 3 amide bonds. The molecule has 4 saturated heterocycles. The molecule has 12 rings (SSSR count). The van der Waals surface area contributed by atoms with Crippen molar-refractivity contribution < 1.29 is 75.6 Å². The van der Waals surface area contributed by atoms with Crippen molar-refractivity contribution in [3.8, 4) is 0 Å². The molecule has 638 valence electrons. The molecule has 0 aliphatic carbocycles. The number of ether oxygens (including phenoxy) is 3. The van der Waals surface area contributed by atoms with E-state index in [-0.39, 0.29) is 63.0 Å². The van der Waals surface area contributed by atoms with E-state index in [9.17, 15) is 41.9 Å². The Hall–Kier alpha value is -10.5. The Morgan fingerprint density at radius 1 is 0.417 bits per heavy atom. The number of rotatable bonds is 6. The van der Waals surface area contributed by atoms with Gasteiger partial charge in [0.05, 0.1) is 33.7 Å². The van der Waals surface area contributed by atoms with Gasteiger partial charge in [0, 0.05) is 110 Å². The molecule has 8 aromatic rings. The number of oxime groups is 3. The number of nitrogens with one attached hydrogen (secondary N) is 2. The van der Waals surface area contributed by atoms with E-state index in [1.54, 1.807) is 68.1 Å². The number of para-hydroxylation sites is 2. The predicted molar refractivity (Wildman–Crippen MR) is 454 cm³/mol. The van der Waals surface area contributed by atoms with E-state index < -0.39 is 28.7 Å². The van der Waals surface area contributed by atoms with Crippen LogP contribution in [0, 0.1) is 23.3 Å². The Kier molecular flexibility index (Phi) is 53.0. The van der Waals surface area contributed by atoms with Gasteiger partial charge in [-0.15, -0.1) is 0 Å². The van der Waals surface area contributed by atoms with Gasteiger partial charge in [-0.3, -0.25) is 4.79 Å². The number of piperazine rings is 4. The van der Waals surface area contributed by atoms with Crippen molar-refractivity contribution in [2.24, 2.45) is 15.5 Å². The number of benzene rings is 6. The molecule has 2 aromatic heterocycles. The maximum atomic E-state index is 13.9. The molecule has 4 aliphatic rings. The van der Waals surface area contributed by atoms with Gasteiger partial charge in [0.15, 0.2) is 40.1 Å². The number of hydrogen-bond acceptors (Lipinski definition) is 21. The third-order valence-electron chi connectivity index (χ3n) is 14.9. The highest BCUT2D eigenvalue weighted by atomic mass is 35.5. The summed E-state index contributed by atoms with van der Waals surface area (Å²) >= 11 is 5.36. The molecule has 5 N–H and O–H groups in total. The van der Waals surface area contributed by atoms with Crippen LogP contribution in [0.4, 0.5) is 43.6 Å². The van der Waals surface area contributed by atoms with Crippen LogP contribution in [0.15, 0.2) is 170 Å². The summed E-state index contributed by atoms with van der Waals surface area (Å²) in [5.41, 5.74) is 0.982. The number of aromatic nitrogens is 2. The lowest BCUT2D eigenvalue weighted by atomic mass is 10.1. The molecule has 6 heterocycles. The van der Waals surface area contributed by atoms with Gasteiger partial charge < -0.3 is 78.9 Å². The molecule has 0 unspecified atom stereocenters. The summed E-state index contributed by atoms with van der Waals surface area (Å²) in [4.78, 5) is 56.8. The zero-order valence-corrected chi connectivity index (χ0v) is 71.9. The number of halogens is 5. The van der Waals surface area contributed by atoms with Crippen molar-refractivity contribution in [3.63, 3.8) is 0 Å². The number of hydrogen-bond donors (Lipinski definition) is 5. The number of nitrogens with zero attached hydrogens (tertiary/aromatic N) is 11. The smallest absolute Gasteiger partial charge is 0.410 e. The van der Waals surface area contributed by atoms with E-state index in [2.05, 4.69) is 52.3 Å². The molecule has 6 aromatic carbocycles. The van der Waals surface area contributed by atoms with Gasteiger partial charge in [-0.1, -0.05) is 199 Å². The molecule has 4 aliphatic heterocycles. The molecule has 0 saturated carbocycles. The molecular formula is C85H126ClF4N13O12. The summed E-state index contributed by atoms with van der Waals surface area (Å²) < 4.78 is 78.2. The van der Waals surface area contributed by atoms with Crippen molar-refractivity contribution in [2.45, 2.75) is 162 Å². The lowest BCUT2D eigenvalue weighted by Crippen LogP contribution is -2.52. The summed E-state index contributed by atoms with van der Waals surface area (Å²) in [6.45, 7) is 52.4.